The third-order valence-corrected chi connectivity index (χ3v) is 10.8. The lowest BCUT2D eigenvalue weighted by Gasteiger charge is -2.58. The molecule has 6 atom stereocenters. The topological polar surface area (TPSA) is 30.0 Å². The first-order chi connectivity index (χ1) is 15.0. The van der Waals surface area contributed by atoms with Crippen molar-refractivity contribution >= 4 is 17.1 Å². The molecule has 0 aliphatic heterocycles. The van der Waals surface area contributed by atoms with Crippen LogP contribution in [0.15, 0.2) is 47.4 Å². The monoisotopic (exact) mass is 431 g/mol. The Bertz CT molecular complexity index is 1040. The Balaban J connectivity index is 1.29. The number of allylic oxidation sites excluding steroid dienone is 1. The van der Waals surface area contributed by atoms with E-state index in [0.717, 1.165) is 37.0 Å². The molecule has 1 aromatic heterocycles. The first-order valence-electron chi connectivity index (χ1n) is 12.2. The van der Waals surface area contributed by atoms with Crippen LogP contribution in [0.5, 0.6) is 0 Å². The number of benzene rings is 1. The second-order valence-corrected chi connectivity index (χ2v) is 11.9. The highest BCUT2D eigenvalue weighted by molar-refractivity contribution is 7.13. The molecule has 0 N–H and O–H groups in total. The number of aromatic nitrogens is 1. The van der Waals surface area contributed by atoms with E-state index in [-0.39, 0.29) is 5.41 Å². The minimum absolute atomic E-state index is 0.275. The summed E-state index contributed by atoms with van der Waals surface area (Å²) in [5.41, 5.74) is 4.73. The summed E-state index contributed by atoms with van der Waals surface area (Å²) < 4.78 is 0. The minimum atomic E-state index is 0.275. The molecule has 0 saturated heterocycles. The summed E-state index contributed by atoms with van der Waals surface area (Å²) in [6, 6.07) is 10.6. The molecular formula is C28H33NOS. The fourth-order valence-electron chi connectivity index (χ4n) is 8.20. The van der Waals surface area contributed by atoms with Crippen LogP contribution in [0.25, 0.3) is 10.6 Å². The average molecular weight is 432 g/mol. The molecule has 0 amide bonds. The number of ketones is 1. The molecule has 162 valence electrons. The zero-order chi connectivity index (χ0) is 21.2. The van der Waals surface area contributed by atoms with Gasteiger partial charge in [-0.15, -0.1) is 11.3 Å². The molecule has 3 saturated carbocycles. The molecule has 2 aromatic rings. The Morgan fingerprint density at radius 2 is 1.81 bits per heavy atom. The lowest BCUT2D eigenvalue weighted by atomic mass is 9.47. The summed E-state index contributed by atoms with van der Waals surface area (Å²) >= 11 is 1.81. The van der Waals surface area contributed by atoms with Gasteiger partial charge in [-0.05, 0) is 79.6 Å². The molecule has 31 heavy (non-hydrogen) atoms. The molecule has 0 bridgehead atoms. The highest BCUT2D eigenvalue weighted by Gasteiger charge is 2.59. The van der Waals surface area contributed by atoms with Crippen LogP contribution < -0.4 is 0 Å². The zero-order valence-corrected chi connectivity index (χ0v) is 19.6. The van der Waals surface area contributed by atoms with Crippen LogP contribution in [-0.4, -0.2) is 10.8 Å². The summed E-state index contributed by atoms with van der Waals surface area (Å²) in [5, 5.41) is 3.52. The Morgan fingerprint density at radius 1 is 0.968 bits per heavy atom. The largest absolute Gasteiger partial charge is 0.295 e. The van der Waals surface area contributed by atoms with Gasteiger partial charge in [0.25, 0.3) is 0 Å². The van der Waals surface area contributed by atoms with Gasteiger partial charge in [0.05, 0.1) is 5.69 Å². The Hall–Kier alpha value is -1.74. The van der Waals surface area contributed by atoms with Crippen molar-refractivity contribution in [1.82, 2.24) is 4.98 Å². The second kappa shape index (κ2) is 7.13. The van der Waals surface area contributed by atoms with Crippen LogP contribution in [0.1, 0.15) is 76.8 Å². The summed E-state index contributed by atoms with van der Waals surface area (Å²) in [6.45, 7) is 5.08. The number of thiazole rings is 1. The molecule has 4 aliphatic carbocycles. The number of nitrogens with zero attached hydrogens (tertiary/aromatic N) is 1. The SMILES string of the molecule is C[C@]12CC[C@H]3[C@@H](CCC4=CC(=O)CC[C@@]43C)[C@@H]1CC[C@H]2c1csc(-c2ccccc2)n1. The maximum atomic E-state index is 12.1. The molecule has 2 nitrogen and oxygen atoms in total. The van der Waals surface area contributed by atoms with Gasteiger partial charge >= 0.3 is 0 Å². The maximum absolute atomic E-state index is 12.1. The maximum Gasteiger partial charge on any atom is 0.155 e. The highest BCUT2D eigenvalue weighted by atomic mass is 32.1. The van der Waals surface area contributed by atoms with E-state index >= 15 is 0 Å². The van der Waals surface area contributed by atoms with Crippen LogP contribution >= 0.6 is 11.3 Å². The Kier molecular flexibility index (Phi) is 4.58. The van der Waals surface area contributed by atoms with Crippen molar-refractivity contribution in [3.8, 4) is 10.6 Å². The molecule has 4 aliphatic rings. The summed E-state index contributed by atoms with van der Waals surface area (Å²) in [6.07, 6.45) is 11.6. The Labute approximate surface area is 190 Å². The van der Waals surface area contributed by atoms with E-state index in [0.29, 0.717) is 17.1 Å². The number of hydrogen-bond donors (Lipinski definition) is 0. The average Bonchev–Trinajstić information content (AvgIpc) is 3.39. The van der Waals surface area contributed by atoms with Gasteiger partial charge in [-0.3, -0.25) is 4.79 Å². The quantitative estimate of drug-likeness (QED) is 0.495. The normalized spacial score (nSPS) is 39.4. The van der Waals surface area contributed by atoms with Gasteiger partial charge in [0, 0.05) is 23.3 Å². The number of rotatable bonds is 2. The fraction of sp³-hybridized carbons (Fsp3) is 0.571. The third kappa shape index (κ3) is 2.95. The summed E-state index contributed by atoms with van der Waals surface area (Å²) in [5.74, 6) is 3.38. The van der Waals surface area contributed by atoms with Crippen LogP contribution in [0.2, 0.25) is 0 Å². The van der Waals surface area contributed by atoms with Gasteiger partial charge in [0.2, 0.25) is 0 Å². The highest BCUT2D eigenvalue weighted by Crippen LogP contribution is 2.68. The standard InChI is InChI=1S/C28H33NOS/c1-27-14-12-20(30)16-19(27)8-9-21-22-10-11-24(28(22,2)15-13-23(21)27)25-17-31-26(29-25)18-6-4-3-5-7-18/h3-7,16-17,21-24H,8-15H2,1-2H3/t21-,22-,23-,24-,27-,28-/m0/s1. The van der Waals surface area contributed by atoms with Gasteiger partial charge in [-0.2, -0.15) is 0 Å². The molecule has 0 spiro atoms. The van der Waals surface area contributed by atoms with E-state index in [9.17, 15) is 4.79 Å². The predicted molar refractivity (Wildman–Crippen MR) is 127 cm³/mol. The molecule has 3 heteroatoms. The first-order valence-corrected chi connectivity index (χ1v) is 13.1. The van der Waals surface area contributed by atoms with E-state index in [2.05, 4.69) is 49.6 Å². The number of hydrogen-bond acceptors (Lipinski definition) is 3. The molecule has 1 aromatic carbocycles. The predicted octanol–water partition coefficient (Wildman–Crippen LogP) is 7.43. The van der Waals surface area contributed by atoms with Gasteiger partial charge in [0.15, 0.2) is 5.78 Å². The fourth-order valence-corrected chi connectivity index (χ4v) is 9.08. The van der Waals surface area contributed by atoms with Gasteiger partial charge in [-0.1, -0.05) is 49.8 Å². The minimum Gasteiger partial charge on any atom is -0.295 e. The van der Waals surface area contributed by atoms with E-state index in [1.165, 1.54) is 53.9 Å². The van der Waals surface area contributed by atoms with E-state index < -0.39 is 0 Å². The van der Waals surface area contributed by atoms with Crippen LogP contribution in [0, 0.1) is 28.6 Å². The van der Waals surface area contributed by atoms with Crippen molar-refractivity contribution in [2.75, 3.05) is 0 Å². The molecule has 0 radical (unpaired) electrons. The van der Waals surface area contributed by atoms with E-state index in [1.807, 2.05) is 17.4 Å². The van der Waals surface area contributed by atoms with Crippen LogP contribution in [-0.2, 0) is 4.79 Å². The van der Waals surface area contributed by atoms with Crippen molar-refractivity contribution in [3.05, 3.63) is 53.1 Å². The van der Waals surface area contributed by atoms with Gasteiger partial charge < -0.3 is 0 Å². The molecule has 3 fully saturated rings. The van der Waals surface area contributed by atoms with Crippen molar-refractivity contribution in [2.45, 2.75) is 71.1 Å². The number of carbonyl (C=O) groups is 1. The number of fused-ring (bicyclic) bond motifs is 5. The molecular weight excluding hydrogens is 398 g/mol. The number of carbonyl (C=O) groups excluding carboxylic acids is 1. The van der Waals surface area contributed by atoms with Crippen LogP contribution in [0.4, 0.5) is 0 Å². The molecule has 0 unspecified atom stereocenters. The van der Waals surface area contributed by atoms with Crippen molar-refractivity contribution < 1.29 is 4.79 Å². The molecule has 1 heterocycles. The van der Waals surface area contributed by atoms with Gasteiger partial charge in [-0.25, -0.2) is 4.98 Å². The molecule has 6 rings (SSSR count). The lowest BCUT2D eigenvalue weighted by Crippen LogP contribution is -2.50. The summed E-state index contributed by atoms with van der Waals surface area (Å²) in [7, 11) is 0. The lowest BCUT2D eigenvalue weighted by molar-refractivity contribution is -0.117. The smallest absolute Gasteiger partial charge is 0.155 e. The van der Waals surface area contributed by atoms with Crippen molar-refractivity contribution in [1.29, 1.82) is 0 Å². The van der Waals surface area contributed by atoms with E-state index in [4.69, 9.17) is 4.98 Å². The third-order valence-electron chi connectivity index (χ3n) is 9.86. The van der Waals surface area contributed by atoms with Crippen molar-refractivity contribution in [2.24, 2.45) is 28.6 Å². The van der Waals surface area contributed by atoms with Crippen molar-refractivity contribution in [3.63, 3.8) is 0 Å². The summed E-state index contributed by atoms with van der Waals surface area (Å²) in [4.78, 5) is 17.2. The van der Waals surface area contributed by atoms with Gasteiger partial charge in [0.1, 0.15) is 5.01 Å². The zero-order valence-electron chi connectivity index (χ0n) is 18.8. The first kappa shape index (κ1) is 19.9. The Morgan fingerprint density at radius 3 is 2.65 bits per heavy atom. The second-order valence-electron chi connectivity index (χ2n) is 11.1. The van der Waals surface area contributed by atoms with Crippen LogP contribution in [0.3, 0.4) is 0 Å². The van der Waals surface area contributed by atoms with E-state index in [1.54, 1.807) is 0 Å².